The molecule has 0 fully saturated rings. The van der Waals surface area contributed by atoms with Crippen molar-refractivity contribution in [2.24, 2.45) is 5.73 Å². The first-order valence-electron chi connectivity index (χ1n) is 5.62. The smallest absolute Gasteiger partial charge is 0.101 e. The first-order chi connectivity index (χ1) is 8.03. The Balaban J connectivity index is 2.17. The van der Waals surface area contributed by atoms with E-state index >= 15 is 0 Å². The molecule has 92 valence electrons. The molecule has 0 aliphatic carbocycles. The Morgan fingerprint density at radius 2 is 2.00 bits per heavy atom. The van der Waals surface area contributed by atoms with Crippen LogP contribution in [0, 0.1) is 11.3 Å². The summed E-state index contributed by atoms with van der Waals surface area (Å²) in [4.78, 5) is 1.28. The number of nitrogens with zero attached hydrogens (tertiary/aromatic N) is 1. The van der Waals surface area contributed by atoms with E-state index in [1.165, 1.54) is 4.90 Å². The molecule has 4 heteroatoms. The average Bonchev–Trinajstić information content (AvgIpc) is 2.31. The lowest BCUT2D eigenvalue weighted by molar-refractivity contribution is 0.519. The number of benzene rings is 1. The fraction of sp³-hybridized carbons (Fsp3) is 0.462. The summed E-state index contributed by atoms with van der Waals surface area (Å²) in [5.74, 6) is 1.07. The molecule has 0 aliphatic rings. The molecule has 0 bridgehead atoms. The highest BCUT2D eigenvalue weighted by Gasteiger charge is 2.15. The Morgan fingerprint density at radius 1 is 1.35 bits per heavy atom. The molecule has 1 unspecified atom stereocenters. The Morgan fingerprint density at radius 3 is 2.59 bits per heavy atom. The maximum Gasteiger partial charge on any atom is 0.101 e. The molecule has 2 N–H and O–H groups in total. The van der Waals surface area contributed by atoms with Gasteiger partial charge in [-0.3, -0.25) is 0 Å². The van der Waals surface area contributed by atoms with Crippen LogP contribution in [0.1, 0.15) is 26.2 Å². The van der Waals surface area contributed by atoms with E-state index in [0.29, 0.717) is 0 Å². The van der Waals surface area contributed by atoms with E-state index in [-0.39, 0.29) is 0 Å². The number of hydrogen-bond acceptors (Lipinski definition) is 3. The third-order valence-electron chi connectivity index (χ3n) is 2.43. The standard InChI is InChI=1S/C13H17BrN2S/c1-13(16,10-15)8-2-3-9-17-12-6-4-11(14)5-7-12/h4-7H,2-3,8-9,16H2,1H3. The molecule has 0 spiro atoms. The van der Waals surface area contributed by atoms with Gasteiger partial charge in [-0.05, 0) is 56.2 Å². The summed E-state index contributed by atoms with van der Waals surface area (Å²) in [7, 11) is 0. The van der Waals surface area contributed by atoms with Crippen molar-refractivity contribution in [2.75, 3.05) is 5.75 Å². The number of nitrogens with two attached hydrogens (primary N) is 1. The fourth-order valence-corrected chi connectivity index (χ4v) is 2.55. The second-order valence-electron chi connectivity index (χ2n) is 4.29. The molecule has 17 heavy (non-hydrogen) atoms. The van der Waals surface area contributed by atoms with Gasteiger partial charge in [-0.25, -0.2) is 0 Å². The van der Waals surface area contributed by atoms with Crippen LogP contribution in [0.3, 0.4) is 0 Å². The van der Waals surface area contributed by atoms with Gasteiger partial charge in [0, 0.05) is 9.37 Å². The van der Waals surface area contributed by atoms with Gasteiger partial charge in [0.1, 0.15) is 5.54 Å². The molecule has 0 saturated heterocycles. The second kappa shape index (κ2) is 7.05. The lowest BCUT2D eigenvalue weighted by Gasteiger charge is -2.14. The van der Waals surface area contributed by atoms with E-state index in [9.17, 15) is 0 Å². The lowest BCUT2D eigenvalue weighted by atomic mass is 9.99. The summed E-state index contributed by atoms with van der Waals surface area (Å²) in [6.07, 6.45) is 2.86. The van der Waals surface area contributed by atoms with Crippen molar-refractivity contribution in [3.05, 3.63) is 28.7 Å². The van der Waals surface area contributed by atoms with E-state index in [1.54, 1.807) is 6.92 Å². The van der Waals surface area contributed by atoms with Crippen molar-refractivity contribution >= 4 is 27.7 Å². The van der Waals surface area contributed by atoms with E-state index in [2.05, 4.69) is 46.3 Å². The van der Waals surface area contributed by atoms with Crippen molar-refractivity contribution in [1.29, 1.82) is 5.26 Å². The SMILES string of the molecule is CC(N)(C#N)CCCCSc1ccc(Br)cc1. The highest BCUT2D eigenvalue weighted by Crippen LogP contribution is 2.22. The van der Waals surface area contributed by atoms with Crippen LogP contribution in [0.5, 0.6) is 0 Å². The molecule has 0 radical (unpaired) electrons. The minimum atomic E-state index is -0.664. The van der Waals surface area contributed by atoms with E-state index in [0.717, 1.165) is 29.5 Å². The van der Waals surface area contributed by atoms with Gasteiger partial charge in [0.15, 0.2) is 0 Å². The predicted molar refractivity (Wildman–Crippen MR) is 76.9 cm³/mol. The topological polar surface area (TPSA) is 49.8 Å². The van der Waals surface area contributed by atoms with Crippen molar-refractivity contribution in [1.82, 2.24) is 0 Å². The third kappa shape index (κ3) is 6.11. The zero-order valence-electron chi connectivity index (χ0n) is 9.95. The number of unbranched alkanes of at least 4 members (excludes halogenated alkanes) is 1. The van der Waals surface area contributed by atoms with Crippen LogP contribution >= 0.6 is 27.7 Å². The summed E-state index contributed by atoms with van der Waals surface area (Å²) in [6.45, 7) is 1.79. The van der Waals surface area contributed by atoms with Gasteiger partial charge >= 0.3 is 0 Å². The van der Waals surface area contributed by atoms with Crippen molar-refractivity contribution < 1.29 is 0 Å². The van der Waals surface area contributed by atoms with Crippen LogP contribution in [-0.2, 0) is 0 Å². The molecular weight excluding hydrogens is 296 g/mol. The quantitative estimate of drug-likeness (QED) is 0.639. The van der Waals surface area contributed by atoms with Crippen molar-refractivity contribution in [3.8, 4) is 6.07 Å². The Hall–Kier alpha value is -0.500. The Bertz CT molecular complexity index is 381. The number of thioether (sulfide) groups is 1. The van der Waals surface area contributed by atoms with Crippen LogP contribution in [0.2, 0.25) is 0 Å². The van der Waals surface area contributed by atoms with Gasteiger partial charge in [-0.2, -0.15) is 5.26 Å². The summed E-state index contributed by atoms with van der Waals surface area (Å²) >= 11 is 5.26. The summed E-state index contributed by atoms with van der Waals surface area (Å²) < 4.78 is 1.11. The minimum Gasteiger partial charge on any atom is -0.314 e. The maximum atomic E-state index is 8.77. The number of halogens is 1. The minimum absolute atomic E-state index is 0.664. The van der Waals surface area contributed by atoms with Gasteiger partial charge in [0.25, 0.3) is 0 Å². The normalized spacial score (nSPS) is 14.0. The first-order valence-corrected chi connectivity index (χ1v) is 7.40. The number of nitriles is 1. The molecule has 2 nitrogen and oxygen atoms in total. The second-order valence-corrected chi connectivity index (χ2v) is 6.37. The zero-order chi connectivity index (χ0) is 12.7. The van der Waals surface area contributed by atoms with E-state index in [1.807, 2.05) is 11.8 Å². The predicted octanol–water partition coefficient (Wildman–Crippen LogP) is 3.95. The highest BCUT2D eigenvalue weighted by atomic mass is 79.9. The van der Waals surface area contributed by atoms with Crippen LogP contribution in [0.15, 0.2) is 33.6 Å². The Kier molecular flexibility index (Phi) is 6.04. The molecule has 0 amide bonds. The molecule has 1 aromatic rings. The fourth-order valence-electron chi connectivity index (χ4n) is 1.37. The first kappa shape index (κ1) is 14.6. The number of hydrogen-bond donors (Lipinski definition) is 1. The maximum absolute atomic E-state index is 8.77. The molecule has 1 aromatic carbocycles. The highest BCUT2D eigenvalue weighted by molar-refractivity contribution is 9.10. The van der Waals surface area contributed by atoms with Crippen LogP contribution in [-0.4, -0.2) is 11.3 Å². The largest absolute Gasteiger partial charge is 0.314 e. The summed E-state index contributed by atoms with van der Waals surface area (Å²) in [6, 6.07) is 10.4. The summed E-state index contributed by atoms with van der Waals surface area (Å²) in [5.41, 5.74) is 5.09. The lowest BCUT2D eigenvalue weighted by Crippen LogP contribution is -2.33. The van der Waals surface area contributed by atoms with Crippen molar-refractivity contribution in [3.63, 3.8) is 0 Å². The molecule has 1 rings (SSSR count). The van der Waals surface area contributed by atoms with Gasteiger partial charge in [0.05, 0.1) is 6.07 Å². The third-order valence-corrected chi connectivity index (χ3v) is 4.06. The van der Waals surface area contributed by atoms with E-state index < -0.39 is 5.54 Å². The van der Waals surface area contributed by atoms with Crippen molar-refractivity contribution in [2.45, 2.75) is 36.6 Å². The van der Waals surface area contributed by atoms with E-state index in [4.69, 9.17) is 11.0 Å². The molecule has 0 aromatic heterocycles. The molecule has 0 heterocycles. The van der Waals surface area contributed by atoms with Gasteiger partial charge in [-0.1, -0.05) is 15.9 Å². The van der Waals surface area contributed by atoms with Gasteiger partial charge in [-0.15, -0.1) is 11.8 Å². The van der Waals surface area contributed by atoms with Gasteiger partial charge in [0.2, 0.25) is 0 Å². The van der Waals surface area contributed by atoms with Crippen LogP contribution in [0.4, 0.5) is 0 Å². The van der Waals surface area contributed by atoms with Crippen LogP contribution in [0.25, 0.3) is 0 Å². The molecular formula is C13H17BrN2S. The zero-order valence-corrected chi connectivity index (χ0v) is 12.4. The Labute approximate surface area is 116 Å². The average molecular weight is 313 g/mol. The molecule has 0 saturated carbocycles. The summed E-state index contributed by atoms with van der Waals surface area (Å²) in [5, 5.41) is 8.77. The van der Waals surface area contributed by atoms with Gasteiger partial charge < -0.3 is 5.73 Å². The monoisotopic (exact) mass is 312 g/mol. The number of rotatable bonds is 6. The molecule has 1 atom stereocenters. The molecule has 0 aliphatic heterocycles. The van der Waals surface area contributed by atoms with Crippen LogP contribution < -0.4 is 5.73 Å².